The number of nitrogens with zero attached hydrogens (tertiary/aromatic N) is 1. The molecule has 0 saturated carbocycles. The summed E-state index contributed by atoms with van der Waals surface area (Å²) in [6, 6.07) is 4.84. The lowest BCUT2D eigenvalue weighted by Gasteiger charge is -2.15. The van der Waals surface area contributed by atoms with E-state index in [-0.39, 0.29) is 19.1 Å². The molecular weight excluding hydrogens is 312 g/mol. The number of nitrogens with one attached hydrogen (secondary N) is 3. The van der Waals surface area contributed by atoms with Crippen molar-refractivity contribution in [3.8, 4) is 5.75 Å². The first-order valence-corrected chi connectivity index (χ1v) is 7.58. The molecule has 132 valence electrons. The van der Waals surface area contributed by atoms with E-state index in [9.17, 15) is 14.4 Å². The molecule has 0 atom stereocenters. The van der Waals surface area contributed by atoms with Gasteiger partial charge in [0.1, 0.15) is 5.75 Å². The standard InChI is InChI=1S/C16H24N4O4/c1-5-17-16(23)19-14(21)9-18-12-7-6-11(2)8-13(12)24-10-15(22)20(3)4/h6-8,18H,5,9-10H2,1-4H3,(H2,17,19,21,23). The van der Waals surface area contributed by atoms with Gasteiger partial charge in [0, 0.05) is 20.6 Å². The van der Waals surface area contributed by atoms with Gasteiger partial charge in [-0.2, -0.15) is 0 Å². The van der Waals surface area contributed by atoms with E-state index in [0.717, 1.165) is 5.56 Å². The van der Waals surface area contributed by atoms with Crippen LogP contribution in [0.15, 0.2) is 18.2 Å². The first-order valence-electron chi connectivity index (χ1n) is 7.58. The van der Waals surface area contributed by atoms with Gasteiger partial charge in [-0.15, -0.1) is 0 Å². The molecule has 1 aromatic rings. The summed E-state index contributed by atoms with van der Waals surface area (Å²) in [5, 5.41) is 7.56. The smallest absolute Gasteiger partial charge is 0.321 e. The Kier molecular flexibility index (Phi) is 7.54. The summed E-state index contributed by atoms with van der Waals surface area (Å²) >= 11 is 0. The largest absolute Gasteiger partial charge is 0.482 e. The molecule has 0 saturated heterocycles. The van der Waals surface area contributed by atoms with Crippen molar-refractivity contribution in [1.29, 1.82) is 0 Å². The van der Waals surface area contributed by atoms with Gasteiger partial charge in [-0.05, 0) is 31.5 Å². The van der Waals surface area contributed by atoms with Crippen molar-refractivity contribution in [3.05, 3.63) is 23.8 Å². The van der Waals surface area contributed by atoms with E-state index in [0.29, 0.717) is 18.0 Å². The van der Waals surface area contributed by atoms with E-state index in [1.165, 1.54) is 4.90 Å². The number of hydrogen-bond acceptors (Lipinski definition) is 5. The number of hydrogen-bond donors (Lipinski definition) is 3. The fourth-order valence-corrected chi connectivity index (χ4v) is 1.71. The van der Waals surface area contributed by atoms with E-state index in [1.54, 1.807) is 33.2 Å². The second kappa shape index (κ2) is 9.39. The molecule has 1 aromatic carbocycles. The first-order chi connectivity index (χ1) is 11.3. The third-order valence-electron chi connectivity index (χ3n) is 3.02. The van der Waals surface area contributed by atoms with Crippen molar-refractivity contribution in [2.75, 3.05) is 39.1 Å². The second-order valence-corrected chi connectivity index (χ2v) is 5.34. The zero-order chi connectivity index (χ0) is 18.1. The van der Waals surface area contributed by atoms with Crippen LogP contribution in [0.25, 0.3) is 0 Å². The van der Waals surface area contributed by atoms with Crippen molar-refractivity contribution < 1.29 is 19.1 Å². The molecule has 0 aliphatic carbocycles. The molecule has 0 unspecified atom stereocenters. The van der Waals surface area contributed by atoms with Crippen molar-refractivity contribution >= 4 is 23.5 Å². The lowest BCUT2D eigenvalue weighted by Crippen LogP contribution is -2.41. The van der Waals surface area contributed by atoms with Gasteiger partial charge < -0.3 is 20.3 Å². The Morgan fingerprint density at radius 1 is 1.21 bits per heavy atom. The maximum atomic E-state index is 11.7. The highest BCUT2D eigenvalue weighted by Gasteiger charge is 2.11. The number of likely N-dealkylation sites (N-methyl/N-ethyl adjacent to an activating group) is 1. The van der Waals surface area contributed by atoms with Crippen LogP contribution >= 0.6 is 0 Å². The van der Waals surface area contributed by atoms with Crippen molar-refractivity contribution in [3.63, 3.8) is 0 Å². The number of benzene rings is 1. The molecule has 0 aromatic heterocycles. The van der Waals surface area contributed by atoms with Gasteiger partial charge in [0.25, 0.3) is 5.91 Å². The minimum atomic E-state index is -0.541. The topological polar surface area (TPSA) is 99.8 Å². The second-order valence-electron chi connectivity index (χ2n) is 5.34. The minimum Gasteiger partial charge on any atom is -0.482 e. The Labute approximate surface area is 141 Å². The number of carbonyl (C=O) groups is 3. The SMILES string of the molecule is CCNC(=O)NC(=O)CNc1ccc(C)cc1OCC(=O)N(C)C. The Morgan fingerprint density at radius 2 is 1.92 bits per heavy atom. The summed E-state index contributed by atoms with van der Waals surface area (Å²) in [6.07, 6.45) is 0. The van der Waals surface area contributed by atoms with Crippen molar-refractivity contribution in [1.82, 2.24) is 15.5 Å². The summed E-state index contributed by atoms with van der Waals surface area (Å²) < 4.78 is 5.53. The molecule has 0 aliphatic heterocycles. The quantitative estimate of drug-likeness (QED) is 0.681. The van der Waals surface area contributed by atoms with Gasteiger partial charge in [0.15, 0.2) is 6.61 Å². The Balaban J connectivity index is 2.65. The Hall–Kier alpha value is -2.77. The number of imide groups is 1. The molecule has 8 heteroatoms. The highest BCUT2D eigenvalue weighted by molar-refractivity contribution is 5.96. The van der Waals surface area contributed by atoms with Crippen LogP contribution in [0.2, 0.25) is 0 Å². The molecular formula is C16H24N4O4. The molecule has 0 radical (unpaired) electrons. The van der Waals surface area contributed by atoms with Gasteiger partial charge in [0.2, 0.25) is 5.91 Å². The van der Waals surface area contributed by atoms with Crippen LogP contribution in [-0.4, -0.2) is 56.5 Å². The highest BCUT2D eigenvalue weighted by Crippen LogP contribution is 2.25. The predicted molar refractivity (Wildman–Crippen MR) is 91.1 cm³/mol. The number of ether oxygens (including phenoxy) is 1. The predicted octanol–water partition coefficient (Wildman–Crippen LogP) is 0.720. The summed E-state index contributed by atoms with van der Waals surface area (Å²) in [4.78, 5) is 36.0. The summed E-state index contributed by atoms with van der Waals surface area (Å²) in [5.74, 6) is -0.177. The minimum absolute atomic E-state index is 0.0990. The molecule has 0 bridgehead atoms. The molecule has 24 heavy (non-hydrogen) atoms. The fraction of sp³-hybridized carbons (Fsp3) is 0.438. The Bertz CT molecular complexity index is 602. The maximum Gasteiger partial charge on any atom is 0.321 e. The first kappa shape index (κ1) is 19.3. The average molecular weight is 336 g/mol. The number of anilines is 1. The lowest BCUT2D eigenvalue weighted by molar-refractivity contribution is -0.130. The number of aryl methyl sites for hydroxylation is 1. The van der Waals surface area contributed by atoms with Gasteiger partial charge in [-0.3, -0.25) is 14.9 Å². The van der Waals surface area contributed by atoms with Gasteiger partial charge in [-0.25, -0.2) is 4.79 Å². The Morgan fingerprint density at radius 3 is 2.54 bits per heavy atom. The molecule has 3 N–H and O–H groups in total. The van der Waals surface area contributed by atoms with Crippen molar-refractivity contribution in [2.45, 2.75) is 13.8 Å². The molecule has 0 fully saturated rings. The van der Waals surface area contributed by atoms with E-state index < -0.39 is 11.9 Å². The summed E-state index contributed by atoms with van der Waals surface area (Å²) in [7, 11) is 3.29. The van der Waals surface area contributed by atoms with Crippen LogP contribution in [0, 0.1) is 6.92 Å². The molecule has 0 aliphatic rings. The fourth-order valence-electron chi connectivity index (χ4n) is 1.71. The van der Waals surface area contributed by atoms with E-state index in [2.05, 4.69) is 16.0 Å². The van der Waals surface area contributed by atoms with E-state index in [1.807, 2.05) is 13.0 Å². The number of urea groups is 1. The van der Waals surface area contributed by atoms with Crippen molar-refractivity contribution in [2.24, 2.45) is 0 Å². The molecule has 0 spiro atoms. The third-order valence-corrected chi connectivity index (χ3v) is 3.02. The highest BCUT2D eigenvalue weighted by atomic mass is 16.5. The van der Waals surface area contributed by atoms with Gasteiger partial charge in [-0.1, -0.05) is 6.07 Å². The van der Waals surface area contributed by atoms with Crippen LogP contribution < -0.4 is 20.7 Å². The van der Waals surface area contributed by atoms with E-state index >= 15 is 0 Å². The monoisotopic (exact) mass is 336 g/mol. The van der Waals surface area contributed by atoms with Gasteiger partial charge in [0.05, 0.1) is 12.2 Å². The average Bonchev–Trinajstić information content (AvgIpc) is 2.51. The molecule has 8 nitrogen and oxygen atoms in total. The van der Waals surface area contributed by atoms with Crippen LogP contribution in [0.1, 0.15) is 12.5 Å². The number of amides is 4. The zero-order valence-corrected chi connectivity index (χ0v) is 14.4. The lowest BCUT2D eigenvalue weighted by atomic mass is 10.2. The zero-order valence-electron chi connectivity index (χ0n) is 14.4. The van der Waals surface area contributed by atoms with E-state index in [4.69, 9.17) is 4.74 Å². The van der Waals surface area contributed by atoms with Gasteiger partial charge >= 0.3 is 6.03 Å². The molecule has 0 heterocycles. The van der Waals surface area contributed by atoms with Crippen LogP contribution in [-0.2, 0) is 9.59 Å². The number of rotatable bonds is 7. The third kappa shape index (κ3) is 6.55. The normalized spacial score (nSPS) is 9.83. The molecule has 4 amide bonds. The summed E-state index contributed by atoms with van der Waals surface area (Å²) in [5.41, 5.74) is 1.53. The maximum absolute atomic E-state index is 11.7. The van der Waals surface area contributed by atoms with Crippen LogP contribution in [0.4, 0.5) is 10.5 Å². The summed E-state index contributed by atoms with van der Waals surface area (Å²) in [6.45, 7) is 3.89. The number of carbonyl (C=O) groups excluding carboxylic acids is 3. The van der Waals surface area contributed by atoms with Crippen LogP contribution in [0.5, 0.6) is 5.75 Å². The molecule has 1 rings (SSSR count). The van der Waals surface area contributed by atoms with Crippen LogP contribution in [0.3, 0.4) is 0 Å².